The van der Waals surface area contributed by atoms with Crippen LogP contribution < -0.4 is 15.4 Å². The van der Waals surface area contributed by atoms with Crippen molar-refractivity contribution in [1.29, 1.82) is 0 Å². The minimum atomic E-state index is -0.763. The second-order valence-corrected chi connectivity index (χ2v) is 6.90. The molecule has 1 heterocycles. The maximum absolute atomic E-state index is 13.0. The number of halogens is 1. The summed E-state index contributed by atoms with van der Waals surface area (Å²) < 4.78 is 18.1. The molecule has 7 nitrogen and oxygen atoms in total. The number of carbonyl (C=O) groups is 2. The standard InChI is InChI=1S/C21H24FN3O4/c1-29-17-10-4-14(5-11-17)20(27)24-18-13-25(12-2-3-19(18)26)21(28)23-16-8-6-15(22)7-9-16/h4-11,18-19,26H,2-3,12-13H2,1H3,(H,23,28)(H,24,27). The lowest BCUT2D eigenvalue weighted by Gasteiger charge is -2.27. The number of urea groups is 1. The lowest BCUT2D eigenvalue weighted by molar-refractivity contribution is 0.0811. The Balaban J connectivity index is 1.65. The number of carbonyl (C=O) groups excluding carboxylic acids is 2. The Bertz CT molecular complexity index is 842. The molecule has 0 bridgehead atoms. The summed E-state index contributed by atoms with van der Waals surface area (Å²) in [5.41, 5.74) is 0.907. The highest BCUT2D eigenvalue weighted by molar-refractivity contribution is 5.94. The fourth-order valence-electron chi connectivity index (χ4n) is 3.20. The van der Waals surface area contributed by atoms with Crippen molar-refractivity contribution in [3.63, 3.8) is 0 Å². The van der Waals surface area contributed by atoms with Gasteiger partial charge in [0, 0.05) is 24.3 Å². The van der Waals surface area contributed by atoms with E-state index < -0.39 is 12.1 Å². The summed E-state index contributed by atoms with van der Waals surface area (Å²) in [6.07, 6.45) is 0.307. The van der Waals surface area contributed by atoms with Crippen LogP contribution in [0.3, 0.4) is 0 Å². The van der Waals surface area contributed by atoms with E-state index in [2.05, 4.69) is 10.6 Å². The molecule has 1 saturated heterocycles. The van der Waals surface area contributed by atoms with Crippen LogP contribution in [0.4, 0.5) is 14.9 Å². The quantitative estimate of drug-likeness (QED) is 0.735. The molecule has 1 aliphatic heterocycles. The first-order valence-corrected chi connectivity index (χ1v) is 9.41. The number of hydrogen-bond donors (Lipinski definition) is 3. The van der Waals surface area contributed by atoms with Crippen LogP contribution in [0.15, 0.2) is 48.5 Å². The summed E-state index contributed by atoms with van der Waals surface area (Å²) in [7, 11) is 1.54. The molecule has 1 fully saturated rings. The fourth-order valence-corrected chi connectivity index (χ4v) is 3.20. The SMILES string of the molecule is COc1ccc(C(=O)NC2CN(C(=O)Nc3ccc(F)cc3)CCCC2O)cc1. The minimum Gasteiger partial charge on any atom is -0.497 e. The number of rotatable bonds is 4. The summed E-state index contributed by atoms with van der Waals surface area (Å²) >= 11 is 0. The number of benzene rings is 2. The third-order valence-electron chi connectivity index (χ3n) is 4.86. The first-order valence-electron chi connectivity index (χ1n) is 9.41. The van der Waals surface area contributed by atoms with Crippen molar-refractivity contribution in [2.75, 3.05) is 25.5 Å². The van der Waals surface area contributed by atoms with E-state index in [1.165, 1.54) is 24.3 Å². The summed E-state index contributed by atoms with van der Waals surface area (Å²) in [6.45, 7) is 0.606. The first kappa shape index (κ1) is 20.6. The van der Waals surface area contributed by atoms with Gasteiger partial charge in [0.2, 0.25) is 0 Å². The molecule has 2 aromatic rings. The average molecular weight is 401 g/mol. The fraction of sp³-hybridized carbons (Fsp3) is 0.333. The summed E-state index contributed by atoms with van der Waals surface area (Å²) in [4.78, 5) is 26.7. The molecular formula is C21H24FN3O4. The second kappa shape index (κ2) is 9.38. The van der Waals surface area contributed by atoms with Crippen LogP contribution >= 0.6 is 0 Å². The van der Waals surface area contributed by atoms with E-state index in [1.54, 1.807) is 36.3 Å². The number of aliphatic hydroxyl groups excluding tert-OH is 1. The molecular weight excluding hydrogens is 377 g/mol. The van der Waals surface area contributed by atoms with Gasteiger partial charge < -0.3 is 25.4 Å². The van der Waals surface area contributed by atoms with Gasteiger partial charge in [-0.3, -0.25) is 4.79 Å². The van der Waals surface area contributed by atoms with Gasteiger partial charge in [0.05, 0.1) is 19.3 Å². The Kier molecular flexibility index (Phi) is 6.66. The molecule has 2 atom stereocenters. The van der Waals surface area contributed by atoms with Crippen LogP contribution in [-0.2, 0) is 0 Å². The minimum absolute atomic E-state index is 0.163. The highest BCUT2D eigenvalue weighted by atomic mass is 19.1. The van der Waals surface area contributed by atoms with Gasteiger partial charge in [-0.2, -0.15) is 0 Å². The third kappa shape index (κ3) is 5.45. The zero-order chi connectivity index (χ0) is 20.8. The van der Waals surface area contributed by atoms with Gasteiger partial charge in [0.1, 0.15) is 11.6 Å². The van der Waals surface area contributed by atoms with Gasteiger partial charge in [0.25, 0.3) is 5.91 Å². The molecule has 3 N–H and O–H groups in total. The van der Waals surface area contributed by atoms with Crippen molar-refractivity contribution in [2.24, 2.45) is 0 Å². The van der Waals surface area contributed by atoms with Crippen LogP contribution in [0.25, 0.3) is 0 Å². The Labute approximate surface area is 168 Å². The lowest BCUT2D eigenvalue weighted by Crippen LogP contribution is -2.50. The van der Waals surface area contributed by atoms with Crippen LogP contribution in [0, 0.1) is 5.82 Å². The van der Waals surface area contributed by atoms with E-state index in [4.69, 9.17) is 4.74 Å². The molecule has 8 heteroatoms. The number of amides is 3. The molecule has 0 aliphatic carbocycles. The normalized spacial score (nSPS) is 19.2. The lowest BCUT2D eigenvalue weighted by atomic mass is 10.1. The molecule has 0 spiro atoms. The topological polar surface area (TPSA) is 90.9 Å². The average Bonchev–Trinajstić information content (AvgIpc) is 2.91. The number of methoxy groups -OCH3 is 1. The number of nitrogens with one attached hydrogen (secondary N) is 2. The maximum Gasteiger partial charge on any atom is 0.321 e. The van der Waals surface area contributed by atoms with E-state index in [9.17, 15) is 19.1 Å². The predicted octanol–water partition coefficient (Wildman–Crippen LogP) is 2.62. The smallest absolute Gasteiger partial charge is 0.321 e. The van der Waals surface area contributed by atoms with Crippen molar-refractivity contribution in [2.45, 2.75) is 25.0 Å². The third-order valence-corrected chi connectivity index (χ3v) is 4.86. The van der Waals surface area contributed by atoms with Crippen molar-refractivity contribution in [1.82, 2.24) is 10.2 Å². The van der Waals surface area contributed by atoms with Gasteiger partial charge in [0.15, 0.2) is 0 Å². The Morgan fingerprint density at radius 2 is 1.83 bits per heavy atom. The monoisotopic (exact) mass is 401 g/mol. The molecule has 3 amide bonds. The Hall–Kier alpha value is -3.13. The van der Waals surface area contributed by atoms with Crippen LogP contribution in [0.5, 0.6) is 5.75 Å². The van der Waals surface area contributed by atoms with E-state index >= 15 is 0 Å². The molecule has 1 aliphatic rings. The van der Waals surface area contributed by atoms with Crippen molar-refractivity contribution in [3.05, 3.63) is 59.9 Å². The molecule has 0 radical (unpaired) electrons. The number of nitrogens with zero attached hydrogens (tertiary/aromatic N) is 1. The highest BCUT2D eigenvalue weighted by Gasteiger charge is 2.29. The molecule has 3 rings (SSSR count). The van der Waals surface area contributed by atoms with Crippen LogP contribution in [0.2, 0.25) is 0 Å². The molecule has 29 heavy (non-hydrogen) atoms. The van der Waals surface area contributed by atoms with Crippen LogP contribution in [0.1, 0.15) is 23.2 Å². The number of hydrogen-bond acceptors (Lipinski definition) is 4. The van der Waals surface area contributed by atoms with Crippen molar-refractivity contribution in [3.8, 4) is 5.75 Å². The van der Waals surface area contributed by atoms with Crippen LogP contribution in [-0.4, -0.2) is 54.3 Å². The predicted molar refractivity (Wildman–Crippen MR) is 106 cm³/mol. The van der Waals surface area contributed by atoms with Gasteiger partial charge in [-0.25, -0.2) is 9.18 Å². The number of ether oxygens (including phenoxy) is 1. The number of aliphatic hydroxyl groups is 1. The summed E-state index contributed by atoms with van der Waals surface area (Å²) in [5, 5.41) is 15.9. The molecule has 0 saturated carbocycles. The largest absolute Gasteiger partial charge is 0.497 e. The van der Waals surface area contributed by atoms with Crippen molar-refractivity contribution >= 4 is 17.6 Å². The summed E-state index contributed by atoms with van der Waals surface area (Å²) in [5.74, 6) is -0.0839. The summed E-state index contributed by atoms with van der Waals surface area (Å²) in [6, 6.07) is 11.1. The Morgan fingerprint density at radius 1 is 1.14 bits per heavy atom. The molecule has 154 valence electrons. The number of likely N-dealkylation sites (tertiary alicyclic amines) is 1. The molecule has 2 aromatic carbocycles. The van der Waals surface area contributed by atoms with E-state index in [0.717, 1.165) is 0 Å². The van der Waals surface area contributed by atoms with E-state index in [1.807, 2.05) is 0 Å². The first-order chi connectivity index (χ1) is 14.0. The van der Waals surface area contributed by atoms with Gasteiger partial charge in [-0.05, 0) is 61.4 Å². The second-order valence-electron chi connectivity index (χ2n) is 6.90. The van der Waals surface area contributed by atoms with Gasteiger partial charge in [-0.15, -0.1) is 0 Å². The molecule has 2 unspecified atom stereocenters. The van der Waals surface area contributed by atoms with E-state index in [0.29, 0.717) is 36.4 Å². The number of anilines is 1. The molecule has 0 aromatic heterocycles. The zero-order valence-corrected chi connectivity index (χ0v) is 16.1. The zero-order valence-electron chi connectivity index (χ0n) is 16.1. The maximum atomic E-state index is 13.0. The van der Waals surface area contributed by atoms with Crippen molar-refractivity contribution < 1.29 is 23.8 Å². The van der Waals surface area contributed by atoms with E-state index in [-0.39, 0.29) is 24.3 Å². The van der Waals surface area contributed by atoms with Gasteiger partial charge >= 0.3 is 6.03 Å². The van der Waals surface area contributed by atoms with Gasteiger partial charge in [-0.1, -0.05) is 0 Å². The Morgan fingerprint density at radius 3 is 2.48 bits per heavy atom. The highest BCUT2D eigenvalue weighted by Crippen LogP contribution is 2.16.